The second kappa shape index (κ2) is 5.15. The largest absolute Gasteiger partial charge is 0.478 e. The Morgan fingerprint density at radius 1 is 0.952 bits per heavy atom. The van der Waals surface area contributed by atoms with E-state index in [1.54, 1.807) is 6.07 Å². The van der Waals surface area contributed by atoms with Crippen LogP contribution in [0.2, 0.25) is 0 Å². The number of benzene rings is 1. The summed E-state index contributed by atoms with van der Waals surface area (Å²) >= 11 is 0. The minimum absolute atomic E-state index is 0.447. The lowest BCUT2D eigenvalue weighted by Gasteiger charge is -2.54. The molecule has 2 nitrogen and oxygen atoms in total. The third-order valence-electron chi connectivity index (χ3n) is 6.58. The summed E-state index contributed by atoms with van der Waals surface area (Å²) in [6.07, 6.45) is 9.86. The summed E-state index contributed by atoms with van der Waals surface area (Å²) in [7, 11) is 0. The molecule has 0 saturated heterocycles. The first-order valence-electron chi connectivity index (χ1n) is 8.57. The van der Waals surface area contributed by atoms with Crippen LogP contribution in [0.25, 0.3) is 0 Å². The number of aromatic carboxylic acids is 1. The fourth-order valence-corrected chi connectivity index (χ4v) is 4.89. The first-order chi connectivity index (χ1) is 10.2. The molecule has 1 aromatic rings. The molecule has 3 saturated carbocycles. The van der Waals surface area contributed by atoms with Gasteiger partial charge in [0.2, 0.25) is 0 Å². The van der Waals surface area contributed by atoms with Gasteiger partial charge in [-0.3, -0.25) is 0 Å². The molecule has 4 unspecified atom stereocenters. The van der Waals surface area contributed by atoms with Crippen molar-refractivity contribution in [1.82, 2.24) is 0 Å². The SMILES string of the molecule is O=C(O)c1cccc(C2CCC2C2CCC2C2CCC2)c1. The normalized spacial score (nSPS) is 35.4. The van der Waals surface area contributed by atoms with Crippen molar-refractivity contribution in [3.05, 3.63) is 35.4 Å². The standard InChI is InChI=1S/C19H24O2/c20-19(21)14-6-2-5-13(11-14)16-8-10-18(16)17-9-7-15(17)12-3-1-4-12/h2,5-6,11-12,15-18H,1,3-4,7-10H2,(H,20,21). The zero-order valence-electron chi connectivity index (χ0n) is 12.5. The van der Waals surface area contributed by atoms with Gasteiger partial charge in [0.1, 0.15) is 0 Å². The molecule has 4 atom stereocenters. The van der Waals surface area contributed by atoms with Crippen LogP contribution >= 0.6 is 0 Å². The predicted molar refractivity (Wildman–Crippen MR) is 82.4 cm³/mol. The highest BCUT2D eigenvalue weighted by Gasteiger charge is 2.48. The van der Waals surface area contributed by atoms with Gasteiger partial charge in [-0.1, -0.05) is 31.4 Å². The molecule has 0 bridgehead atoms. The zero-order chi connectivity index (χ0) is 14.4. The molecule has 1 aromatic carbocycles. The number of hydrogen-bond donors (Lipinski definition) is 1. The average molecular weight is 284 g/mol. The summed E-state index contributed by atoms with van der Waals surface area (Å²) in [5.41, 5.74) is 1.72. The van der Waals surface area contributed by atoms with E-state index in [0.29, 0.717) is 11.5 Å². The summed E-state index contributed by atoms with van der Waals surface area (Å²) in [5, 5.41) is 9.17. The van der Waals surface area contributed by atoms with Gasteiger partial charge in [-0.2, -0.15) is 0 Å². The highest BCUT2D eigenvalue weighted by atomic mass is 16.4. The van der Waals surface area contributed by atoms with E-state index in [9.17, 15) is 4.79 Å². The van der Waals surface area contributed by atoms with Crippen molar-refractivity contribution < 1.29 is 9.90 Å². The lowest BCUT2D eigenvalue weighted by atomic mass is 9.51. The summed E-state index contributed by atoms with van der Waals surface area (Å²) in [6, 6.07) is 7.68. The van der Waals surface area contributed by atoms with Gasteiger partial charge in [0, 0.05) is 0 Å². The fourth-order valence-electron chi connectivity index (χ4n) is 4.89. The second-order valence-electron chi connectivity index (χ2n) is 7.37. The van der Waals surface area contributed by atoms with E-state index >= 15 is 0 Å². The summed E-state index contributed by atoms with van der Waals surface area (Å²) < 4.78 is 0. The van der Waals surface area contributed by atoms with Crippen molar-refractivity contribution in [2.75, 3.05) is 0 Å². The third kappa shape index (κ3) is 2.20. The average Bonchev–Trinajstić information content (AvgIpc) is 2.37. The molecule has 0 aromatic heterocycles. The van der Waals surface area contributed by atoms with Crippen LogP contribution in [0.15, 0.2) is 24.3 Å². The summed E-state index contributed by atoms with van der Waals surface area (Å²) in [5.74, 6) is 3.60. The molecular formula is C19H24O2. The van der Waals surface area contributed by atoms with E-state index in [1.807, 2.05) is 12.1 Å². The van der Waals surface area contributed by atoms with Gasteiger partial charge in [-0.05, 0) is 73.0 Å². The van der Waals surface area contributed by atoms with Crippen molar-refractivity contribution in [2.24, 2.45) is 23.7 Å². The van der Waals surface area contributed by atoms with Gasteiger partial charge in [-0.25, -0.2) is 4.79 Å². The molecule has 3 aliphatic carbocycles. The van der Waals surface area contributed by atoms with E-state index in [4.69, 9.17) is 5.11 Å². The number of carboxylic acids is 1. The Balaban J connectivity index is 1.48. The van der Waals surface area contributed by atoms with Crippen LogP contribution in [0.4, 0.5) is 0 Å². The minimum Gasteiger partial charge on any atom is -0.478 e. The number of hydrogen-bond acceptors (Lipinski definition) is 1. The van der Waals surface area contributed by atoms with E-state index in [1.165, 1.54) is 50.5 Å². The van der Waals surface area contributed by atoms with Crippen molar-refractivity contribution >= 4 is 5.97 Å². The van der Waals surface area contributed by atoms with Gasteiger partial charge >= 0.3 is 5.97 Å². The molecule has 1 N–H and O–H groups in total. The maximum atomic E-state index is 11.2. The van der Waals surface area contributed by atoms with Crippen LogP contribution in [0, 0.1) is 23.7 Å². The lowest BCUT2D eigenvalue weighted by molar-refractivity contribution is -0.0201. The van der Waals surface area contributed by atoms with E-state index in [-0.39, 0.29) is 0 Å². The molecule has 0 radical (unpaired) electrons. The van der Waals surface area contributed by atoms with Gasteiger partial charge in [0.05, 0.1) is 5.56 Å². The topological polar surface area (TPSA) is 37.3 Å². The predicted octanol–water partition coefficient (Wildman–Crippen LogP) is 4.70. The number of carboxylic acid groups (broad SMARTS) is 1. The molecule has 3 fully saturated rings. The second-order valence-corrected chi connectivity index (χ2v) is 7.37. The summed E-state index contributed by atoms with van der Waals surface area (Å²) in [4.78, 5) is 11.2. The fraction of sp³-hybridized carbons (Fsp3) is 0.632. The van der Waals surface area contributed by atoms with Gasteiger partial charge in [0.25, 0.3) is 0 Å². The van der Waals surface area contributed by atoms with Crippen LogP contribution in [0.1, 0.15) is 66.8 Å². The Kier molecular flexibility index (Phi) is 3.28. The molecule has 0 amide bonds. The van der Waals surface area contributed by atoms with E-state index in [2.05, 4.69) is 6.07 Å². The smallest absolute Gasteiger partial charge is 0.335 e. The number of carbonyl (C=O) groups is 1. The van der Waals surface area contributed by atoms with Crippen molar-refractivity contribution in [2.45, 2.75) is 50.9 Å². The Morgan fingerprint density at radius 2 is 1.71 bits per heavy atom. The van der Waals surface area contributed by atoms with Crippen LogP contribution < -0.4 is 0 Å². The minimum atomic E-state index is -0.802. The van der Waals surface area contributed by atoms with Crippen molar-refractivity contribution in [3.8, 4) is 0 Å². The maximum Gasteiger partial charge on any atom is 0.335 e. The van der Waals surface area contributed by atoms with Crippen LogP contribution in [0.3, 0.4) is 0 Å². The lowest BCUT2D eigenvalue weighted by Crippen LogP contribution is -2.44. The molecule has 21 heavy (non-hydrogen) atoms. The Hall–Kier alpha value is -1.31. The first kappa shape index (κ1) is 13.4. The molecule has 3 aliphatic rings. The van der Waals surface area contributed by atoms with Crippen molar-refractivity contribution in [1.29, 1.82) is 0 Å². The van der Waals surface area contributed by atoms with E-state index < -0.39 is 5.97 Å². The van der Waals surface area contributed by atoms with Crippen LogP contribution in [-0.2, 0) is 0 Å². The van der Waals surface area contributed by atoms with Gasteiger partial charge < -0.3 is 5.11 Å². The first-order valence-corrected chi connectivity index (χ1v) is 8.57. The maximum absolute atomic E-state index is 11.2. The summed E-state index contributed by atoms with van der Waals surface area (Å²) in [6.45, 7) is 0. The monoisotopic (exact) mass is 284 g/mol. The molecule has 2 heteroatoms. The zero-order valence-corrected chi connectivity index (χ0v) is 12.5. The van der Waals surface area contributed by atoms with Crippen molar-refractivity contribution in [3.63, 3.8) is 0 Å². The Labute approximate surface area is 126 Å². The quantitative estimate of drug-likeness (QED) is 0.869. The van der Waals surface area contributed by atoms with Crippen LogP contribution in [-0.4, -0.2) is 11.1 Å². The Bertz CT molecular complexity index is 546. The highest BCUT2D eigenvalue weighted by molar-refractivity contribution is 5.87. The molecule has 0 aliphatic heterocycles. The molecule has 0 heterocycles. The molecule has 4 rings (SSSR count). The van der Waals surface area contributed by atoms with Gasteiger partial charge in [-0.15, -0.1) is 0 Å². The third-order valence-corrected chi connectivity index (χ3v) is 6.58. The molecule has 0 spiro atoms. The van der Waals surface area contributed by atoms with Crippen LogP contribution in [0.5, 0.6) is 0 Å². The number of rotatable bonds is 4. The molecular weight excluding hydrogens is 260 g/mol. The van der Waals surface area contributed by atoms with Gasteiger partial charge in [0.15, 0.2) is 0 Å². The highest BCUT2D eigenvalue weighted by Crippen LogP contribution is 2.58. The van der Waals surface area contributed by atoms with E-state index in [0.717, 1.165) is 23.7 Å². The Morgan fingerprint density at radius 3 is 2.24 bits per heavy atom. The molecule has 112 valence electrons.